The van der Waals surface area contributed by atoms with Gasteiger partial charge in [-0.05, 0) is 62.1 Å². The molecule has 5 rings (SSSR count). The number of carbonyl (C=O) groups excluding carboxylic acids is 1. The standard InChI is InChI=1S/C29H29NO3/c1-29(2,3)33-28(31)30-19-26-22(16-15-21-12-9-17-32-21)24(20-10-5-4-6-11-20)18-25(26)23-13-7-8-14-27(23)30/h4-18,22,24,26H,19H2,1-3H3/b16-15+/t22-,24-,26+/m1/s1. The summed E-state index contributed by atoms with van der Waals surface area (Å²) in [6.07, 6.45) is 8.07. The van der Waals surface area contributed by atoms with E-state index in [0.29, 0.717) is 6.54 Å². The maximum Gasteiger partial charge on any atom is 0.414 e. The summed E-state index contributed by atoms with van der Waals surface area (Å²) in [5, 5.41) is 0. The summed E-state index contributed by atoms with van der Waals surface area (Å²) in [6, 6.07) is 22.6. The monoisotopic (exact) mass is 439 g/mol. The van der Waals surface area contributed by atoms with Gasteiger partial charge in [0.05, 0.1) is 12.0 Å². The molecular formula is C29H29NO3. The summed E-state index contributed by atoms with van der Waals surface area (Å²) in [6.45, 7) is 6.29. The molecule has 2 aromatic carbocycles. The molecule has 1 aliphatic carbocycles. The van der Waals surface area contributed by atoms with Crippen LogP contribution in [0.1, 0.15) is 43.6 Å². The van der Waals surface area contributed by atoms with E-state index in [-0.39, 0.29) is 23.8 Å². The van der Waals surface area contributed by atoms with Crippen molar-refractivity contribution >= 4 is 23.4 Å². The first-order chi connectivity index (χ1) is 15.9. The highest BCUT2D eigenvalue weighted by atomic mass is 16.6. The van der Waals surface area contributed by atoms with Gasteiger partial charge in [-0.1, -0.05) is 60.7 Å². The number of amides is 1. The summed E-state index contributed by atoms with van der Waals surface area (Å²) in [7, 11) is 0. The Morgan fingerprint density at radius 2 is 1.79 bits per heavy atom. The Morgan fingerprint density at radius 1 is 1.03 bits per heavy atom. The van der Waals surface area contributed by atoms with Crippen LogP contribution in [0.15, 0.2) is 89.6 Å². The number of benzene rings is 2. The van der Waals surface area contributed by atoms with E-state index in [2.05, 4.69) is 48.6 Å². The third kappa shape index (κ3) is 4.25. The molecule has 4 nitrogen and oxygen atoms in total. The molecule has 0 N–H and O–H groups in total. The normalized spacial score (nSPS) is 22.1. The molecule has 0 saturated carbocycles. The molecule has 2 heterocycles. The molecule has 168 valence electrons. The van der Waals surface area contributed by atoms with E-state index < -0.39 is 5.60 Å². The summed E-state index contributed by atoms with van der Waals surface area (Å²) < 4.78 is 11.3. The molecule has 0 saturated heterocycles. The van der Waals surface area contributed by atoms with Gasteiger partial charge >= 0.3 is 6.09 Å². The second-order valence-electron chi connectivity index (χ2n) is 9.72. The Morgan fingerprint density at radius 3 is 2.52 bits per heavy atom. The van der Waals surface area contributed by atoms with E-state index in [1.54, 1.807) is 6.26 Å². The van der Waals surface area contributed by atoms with Crippen LogP contribution >= 0.6 is 0 Å². The molecule has 0 radical (unpaired) electrons. The Bertz CT molecular complexity index is 1190. The largest absolute Gasteiger partial charge is 0.465 e. The first-order valence-corrected chi connectivity index (χ1v) is 11.5. The van der Waals surface area contributed by atoms with Gasteiger partial charge in [-0.3, -0.25) is 4.90 Å². The molecule has 2 aliphatic rings. The number of rotatable bonds is 3. The predicted octanol–water partition coefficient (Wildman–Crippen LogP) is 7.16. The smallest absolute Gasteiger partial charge is 0.414 e. The Labute approximate surface area is 195 Å². The third-order valence-electron chi connectivity index (χ3n) is 6.35. The van der Waals surface area contributed by atoms with Crippen LogP contribution in [0.25, 0.3) is 11.6 Å². The second kappa shape index (κ2) is 8.43. The first-order valence-electron chi connectivity index (χ1n) is 11.5. The highest BCUT2D eigenvalue weighted by Gasteiger charge is 2.43. The van der Waals surface area contributed by atoms with E-state index in [1.807, 2.05) is 62.1 Å². The van der Waals surface area contributed by atoms with Crippen LogP contribution < -0.4 is 4.90 Å². The van der Waals surface area contributed by atoms with Crippen molar-refractivity contribution < 1.29 is 13.9 Å². The number of nitrogens with zero attached hydrogens (tertiary/aromatic N) is 1. The van der Waals surface area contributed by atoms with E-state index >= 15 is 0 Å². The van der Waals surface area contributed by atoms with Crippen LogP contribution in [-0.2, 0) is 4.74 Å². The summed E-state index contributed by atoms with van der Waals surface area (Å²) >= 11 is 0. The van der Waals surface area contributed by atoms with E-state index in [9.17, 15) is 4.79 Å². The molecule has 3 atom stereocenters. The number of ether oxygens (including phenoxy) is 1. The minimum Gasteiger partial charge on any atom is -0.465 e. The maximum absolute atomic E-state index is 13.2. The van der Waals surface area contributed by atoms with Crippen LogP contribution in [0.3, 0.4) is 0 Å². The molecule has 33 heavy (non-hydrogen) atoms. The van der Waals surface area contributed by atoms with Crippen molar-refractivity contribution in [1.82, 2.24) is 0 Å². The number of furan rings is 1. The predicted molar refractivity (Wildman–Crippen MR) is 132 cm³/mol. The Kier molecular flexibility index (Phi) is 5.45. The van der Waals surface area contributed by atoms with Crippen molar-refractivity contribution in [3.05, 3.63) is 102 Å². The summed E-state index contributed by atoms with van der Waals surface area (Å²) in [5.74, 6) is 1.38. The van der Waals surface area contributed by atoms with Gasteiger partial charge in [-0.25, -0.2) is 4.79 Å². The lowest BCUT2D eigenvalue weighted by Gasteiger charge is -2.37. The fraction of sp³-hybridized carbons (Fsp3) is 0.276. The van der Waals surface area contributed by atoms with Crippen LogP contribution in [0.5, 0.6) is 0 Å². The van der Waals surface area contributed by atoms with Crippen molar-refractivity contribution in [3.8, 4) is 0 Å². The van der Waals surface area contributed by atoms with Crippen molar-refractivity contribution in [3.63, 3.8) is 0 Å². The summed E-state index contributed by atoms with van der Waals surface area (Å²) in [4.78, 5) is 15.0. The summed E-state index contributed by atoms with van der Waals surface area (Å²) in [5.41, 5.74) is 4.04. The number of anilines is 1. The molecule has 1 amide bonds. The molecule has 0 fully saturated rings. The second-order valence-corrected chi connectivity index (χ2v) is 9.72. The van der Waals surface area contributed by atoms with Crippen molar-refractivity contribution in [2.24, 2.45) is 11.8 Å². The lowest BCUT2D eigenvalue weighted by molar-refractivity contribution is 0.0574. The molecule has 4 heteroatoms. The lowest BCUT2D eigenvalue weighted by atomic mass is 9.79. The van der Waals surface area contributed by atoms with Gasteiger partial charge in [0.1, 0.15) is 11.4 Å². The quantitative estimate of drug-likeness (QED) is 0.435. The van der Waals surface area contributed by atoms with Crippen molar-refractivity contribution in [2.45, 2.75) is 32.3 Å². The van der Waals surface area contributed by atoms with Crippen LogP contribution in [0.2, 0.25) is 0 Å². The average molecular weight is 440 g/mol. The van der Waals surface area contributed by atoms with Gasteiger partial charge < -0.3 is 9.15 Å². The number of carbonyl (C=O) groups is 1. The van der Waals surface area contributed by atoms with Gasteiger partial charge in [0, 0.05) is 23.9 Å². The minimum atomic E-state index is -0.553. The van der Waals surface area contributed by atoms with Crippen molar-refractivity contribution in [1.29, 1.82) is 0 Å². The number of para-hydroxylation sites is 1. The third-order valence-corrected chi connectivity index (χ3v) is 6.35. The maximum atomic E-state index is 13.2. The zero-order valence-electron chi connectivity index (χ0n) is 19.3. The van der Waals surface area contributed by atoms with Crippen LogP contribution in [0, 0.1) is 11.8 Å². The van der Waals surface area contributed by atoms with Gasteiger partial charge in [0.25, 0.3) is 0 Å². The molecule has 3 aromatic rings. The molecular weight excluding hydrogens is 410 g/mol. The van der Waals surface area contributed by atoms with Gasteiger partial charge in [-0.15, -0.1) is 0 Å². The Balaban J connectivity index is 1.57. The van der Waals surface area contributed by atoms with E-state index in [0.717, 1.165) is 17.0 Å². The zero-order valence-corrected chi connectivity index (χ0v) is 19.3. The number of hydrogen-bond donors (Lipinski definition) is 0. The molecule has 0 spiro atoms. The lowest BCUT2D eigenvalue weighted by Crippen LogP contribution is -2.43. The SMILES string of the molecule is CC(C)(C)OC(=O)N1C[C@@H]2C(=C[C@H](c3ccccc3)[C@H]2/C=C/c2ccco2)c2ccccc21. The Hall–Kier alpha value is -3.53. The first kappa shape index (κ1) is 21.3. The van der Waals surface area contributed by atoms with Gasteiger partial charge in [0.15, 0.2) is 0 Å². The van der Waals surface area contributed by atoms with Gasteiger partial charge in [0.2, 0.25) is 0 Å². The van der Waals surface area contributed by atoms with E-state index in [4.69, 9.17) is 9.15 Å². The van der Waals surface area contributed by atoms with Gasteiger partial charge in [-0.2, -0.15) is 0 Å². The number of allylic oxidation sites excluding steroid dienone is 2. The number of fused-ring (bicyclic) bond motifs is 3. The van der Waals surface area contributed by atoms with E-state index in [1.165, 1.54) is 11.1 Å². The molecule has 0 unspecified atom stereocenters. The van der Waals surface area contributed by atoms with Crippen molar-refractivity contribution in [2.75, 3.05) is 11.4 Å². The molecule has 1 aromatic heterocycles. The minimum absolute atomic E-state index is 0.156. The topological polar surface area (TPSA) is 42.7 Å². The van der Waals surface area contributed by atoms with Crippen LogP contribution in [0.4, 0.5) is 10.5 Å². The average Bonchev–Trinajstić information content (AvgIpc) is 3.44. The zero-order chi connectivity index (χ0) is 23.0. The van der Waals surface area contributed by atoms with Crippen LogP contribution in [-0.4, -0.2) is 18.2 Å². The molecule has 0 bridgehead atoms. The highest BCUT2D eigenvalue weighted by Crippen LogP contribution is 2.52. The fourth-order valence-corrected chi connectivity index (χ4v) is 4.97. The highest BCUT2D eigenvalue weighted by molar-refractivity contribution is 5.96. The number of hydrogen-bond acceptors (Lipinski definition) is 3. The fourth-order valence-electron chi connectivity index (χ4n) is 4.97. The molecule has 1 aliphatic heterocycles.